The Morgan fingerprint density at radius 3 is 1.71 bits per heavy atom. The van der Waals surface area contributed by atoms with Crippen molar-refractivity contribution in [2.24, 2.45) is 0 Å². The Kier molecular flexibility index (Phi) is 7.26. The summed E-state index contributed by atoms with van der Waals surface area (Å²) in [5.41, 5.74) is 0.141. The Labute approximate surface area is 105 Å². The number of hydrogen-bond donors (Lipinski definition) is 0. The molecule has 0 rings (SSSR count). The van der Waals surface area contributed by atoms with Crippen LogP contribution in [0.1, 0.15) is 33.6 Å². The van der Waals surface area contributed by atoms with Crippen LogP contribution in [-0.4, -0.2) is 33.1 Å². The summed E-state index contributed by atoms with van der Waals surface area (Å²) in [4.78, 5) is 33.3. The van der Waals surface area contributed by atoms with Gasteiger partial charge in [0.15, 0.2) is 0 Å². The lowest BCUT2D eigenvalue weighted by Crippen LogP contribution is -2.34. The first-order chi connectivity index (χ1) is 7.90. The zero-order valence-electron chi connectivity index (χ0n) is 10.1. The van der Waals surface area contributed by atoms with Gasteiger partial charge in [0.25, 0.3) is 11.9 Å². The molecule has 0 N–H and O–H groups in total. The van der Waals surface area contributed by atoms with Crippen LogP contribution in [0.25, 0.3) is 0 Å². The van der Waals surface area contributed by atoms with Crippen molar-refractivity contribution < 1.29 is 25.7 Å². The van der Waals surface area contributed by atoms with Gasteiger partial charge in [-0.1, -0.05) is 20.4 Å². The first kappa shape index (κ1) is 15.7. The van der Waals surface area contributed by atoms with E-state index in [0.717, 1.165) is 0 Å². The molecule has 0 aliphatic heterocycles. The highest BCUT2D eigenvalue weighted by Crippen LogP contribution is 2.02. The van der Waals surface area contributed by atoms with Crippen LogP contribution in [-0.2, 0) is 25.7 Å². The topological polar surface area (TPSA) is 78.9 Å². The second-order valence-corrected chi connectivity index (χ2v) is 4.45. The van der Waals surface area contributed by atoms with Crippen molar-refractivity contribution in [3.05, 3.63) is 12.2 Å². The zero-order valence-corrected chi connectivity index (χ0v) is 11.3. The molecule has 0 spiro atoms. The number of rotatable bonds is 6. The molecule has 0 aliphatic carbocycles. The molecule has 17 heavy (non-hydrogen) atoms. The van der Waals surface area contributed by atoms with Crippen molar-refractivity contribution in [3.63, 3.8) is 0 Å². The molecule has 0 unspecified atom stereocenters. The van der Waals surface area contributed by atoms with E-state index in [9.17, 15) is 14.4 Å². The molecule has 0 aliphatic rings. The largest absolute Gasteiger partial charge is 1.20 e. The Hall–Kier alpha value is -1.32. The number of carbonyl (C=O) groups is 3. The SMILES string of the molecule is C=C(C)C(=O)[O][Al]([O]C(=O)CC)[O]C(=O)CC. The second-order valence-electron chi connectivity index (χ2n) is 3.16. The van der Waals surface area contributed by atoms with Gasteiger partial charge in [0.05, 0.1) is 0 Å². The molecule has 0 aromatic carbocycles. The molecule has 0 aromatic rings. The first-order valence-electron chi connectivity index (χ1n) is 5.16. The molecule has 0 radical (unpaired) electrons. The fourth-order valence-corrected chi connectivity index (χ4v) is 1.92. The van der Waals surface area contributed by atoms with Gasteiger partial charge in [-0.05, 0) is 6.92 Å². The molecule has 0 atom stereocenters. The van der Waals surface area contributed by atoms with Crippen molar-refractivity contribution in [1.82, 2.24) is 0 Å². The van der Waals surface area contributed by atoms with E-state index in [1.165, 1.54) is 6.92 Å². The van der Waals surface area contributed by atoms with Crippen molar-refractivity contribution >= 4 is 33.1 Å². The summed E-state index contributed by atoms with van der Waals surface area (Å²) in [7, 11) is 0. The van der Waals surface area contributed by atoms with E-state index in [-0.39, 0.29) is 18.4 Å². The Morgan fingerprint density at radius 1 is 1.00 bits per heavy atom. The summed E-state index contributed by atoms with van der Waals surface area (Å²) in [5, 5.41) is 0. The molecule has 0 fully saturated rings. The summed E-state index contributed by atoms with van der Waals surface area (Å²) in [6.07, 6.45) is 0.218. The zero-order chi connectivity index (χ0) is 13.4. The van der Waals surface area contributed by atoms with Crippen molar-refractivity contribution in [3.8, 4) is 0 Å². The summed E-state index contributed by atoms with van der Waals surface area (Å²) in [6.45, 7) is 7.97. The predicted molar refractivity (Wildman–Crippen MR) is 59.4 cm³/mol. The first-order valence-corrected chi connectivity index (χ1v) is 6.57. The van der Waals surface area contributed by atoms with Crippen LogP contribution in [0.5, 0.6) is 0 Å². The smallest absolute Gasteiger partial charge is 0.551 e. The Morgan fingerprint density at radius 2 is 1.41 bits per heavy atom. The van der Waals surface area contributed by atoms with Gasteiger partial charge in [-0.15, -0.1) is 0 Å². The molecule has 7 heteroatoms. The van der Waals surface area contributed by atoms with Crippen LogP contribution < -0.4 is 0 Å². The maximum absolute atomic E-state index is 11.2. The van der Waals surface area contributed by atoms with Crippen LogP contribution in [0.4, 0.5) is 0 Å². The van der Waals surface area contributed by atoms with E-state index < -0.39 is 33.1 Å². The average Bonchev–Trinajstić information content (AvgIpc) is 2.28. The molecule has 0 saturated carbocycles. The third-order valence-corrected chi connectivity index (χ3v) is 2.90. The summed E-state index contributed by atoms with van der Waals surface area (Å²) < 4.78 is 14.3. The van der Waals surface area contributed by atoms with E-state index in [2.05, 4.69) is 6.58 Å². The molecule has 0 saturated heterocycles. The fourth-order valence-electron chi connectivity index (χ4n) is 0.641. The van der Waals surface area contributed by atoms with Gasteiger partial charge in [0, 0.05) is 18.4 Å². The fraction of sp³-hybridized carbons (Fsp3) is 0.500. The van der Waals surface area contributed by atoms with E-state index in [0.29, 0.717) is 0 Å². The van der Waals surface area contributed by atoms with Gasteiger partial charge >= 0.3 is 21.1 Å². The van der Waals surface area contributed by atoms with E-state index in [1.807, 2.05) is 0 Å². The van der Waals surface area contributed by atoms with Gasteiger partial charge < -0.3 is 11.4 Å². The van der Waals surface area contributed by atoms with Crippen LogP contribution in [0.15, 0.2) is 12.2 Å². The molecule has 0 bridgehead atoms. The lowest BCUT2D eigenvalue weighted by molar-refractivity contribution is -0.146. The lowest BCUT2D eigenvalue weighted by atomic mass is 10.4. The quantitative estimate of drug-likeness (QED) is 0.522. The third-order valence-electron chi connectivity index (χ3n) is 1.58. The molecule has 0 amide bonds. The summed E-state index contributed by atoms with van der Waals surface area (Å²) in [5.74, 6) is -1.91. The summed E-state index contributed by atoms with van der Waals surface area (Å²) >= 11 is -3.11. The molecule has 0 aromatic heterocycles. The summed E-state index contributed by atoms with van der Waals surface area (Å²) in [6, 6.07) is 0. The minimum Gasteiger partial charge on any atom is -0.551 e. The normalized spacial score (nSPS) is 9.12. The molecule has 0 heterocycles. The second kappa shape index (κ2) is 7.88. The maximum Gasteiger partial charge on any atom is 1.20 e. The van der Waals surface area contributed by atoms with Crippen LogP contribution in [0.2, 0.25) is 0 Å². The standard InChI is InChI=1S/C4H6O2.2C3H6O2.Al/c1-3(2)4(5)6;2*1-2-3(4)5;/h1H2,2H3,(H,5,6);2*2H2,1H3,(H,4,5);/q;;;+3/p-3. The van der Waals surface area contributed by atoms with Gasteiger partial charge in [0.2, 0.25) is 0 Å². The monoisotopic (exact) mass is 258 g/mol. The minimum absolute atomic E-state index is 0.109. The third kappa shape index (κ3) is 6.77. The van der Waals surface area contributed by atoms with E-state index >= 15 is 0 Å². The molecular formula is C10H15AlO6. The highest BCUT2D eigenvalue weighted by atomic mass is 27.3. The number of carbonyl (C=O) groups excluding carboxylic acids is 3. The van der Waals surface area contributed by atoms with E-state index in [4.69, 9.17) is 11.4 Å². The van der Waals surface area contributed by atoms with Gasteiger partial charge in [-0.25, -0.2) is 0 Å². The number of hydrogen-bond acceptors (Lipinski definition) is 6. The van der Waals surface area contributed by atoms with Crippen LogP contribution in [0, 0.1) is 0 Å². The predicted octanol–water partition coefficient (Wildman–Crippen LogP) is 0.997. The Balaban J connectivity index is 4.49. The van der Waals surface area contributed by atoms with Crippen molar-refractivity contribution in [1.29, 1.82) is 0 Å². The van der Waals surface area contributed by atoms with Crippen LogP contribution in [0.3, 0.4) is 0 Å². The van der Waals surface area contributed by atoms with Gasteiger partial charge in [-0.3, -0.25) is 14.4 Å². The highest BCUT2D eigenvalue weighted by molar-refractivity contribution is 6.44. The van der Waals surface area contributed by atoms with Crippen LogP contribution >= 0.6 is 0 Å². The van der Waals surface area contributed by atoms with Gasteiger partial charge in [-0.2, -0.15) is 0 Å². The lowest BCUT2D eigenvalue weighted by Gasteiger charge is -2.12. The maximum atomic E-state index is 11.2. The highest BCUT2D eigenvalue weighted by Gasteiger charge is 2.48. The van der Waals surface area contributed by atoms with Crippen molar-refractivity contribution in [2.75, 3.05) is 0 Å². The van der Waals surface area contributed by atoms with Crippen molar-refractivity contribution in [2.45, 2.75) is 33.6 Å². The Bertz CT molecular complexity index is 307. The minimum atomic E-state index is -3.11. The molecule has 6 nitrogen and oxygen atoms in total. The molecular weight excluding hydrogens is 243 g/mol. The van der Waals surface area contributed by atoms with E-state index in [1.54, 1.807) is 13.8 Å². The average molecular weight is 258 g/mol. The molecule has 94 valence electrons. The van der Waals surface area contributed by atoms with Gasteiger partial charge in [0.1, 0.15) is 0 Å².